The molecule has 0 aromatic carbocycles. The van der Waals surface area contributed by atoms with Gasteiger partial charge < -0.3 is 14.9 Å². The maximum absolute atomic E-state index is 9.88. The lowest BCUT2D eigenvalue weighted by molar-refractivity contribution is 0.163. The summed E-state index contributed by atoms with van der Waals surface area (Å²) in [4.78, 5) is 5.69. The van der Waals surface area contributed by atoms with Crippen LogP contribution in [0.25, 0.3) is 9.88 Å². The van der Waals surface area contributed by atoms with E-state index in [2.05, 4.69) is 20.8 Å². The van der Waals surface area contributed by atoms with Crippen LogP contribution in [0.15, 0.2) is 33.6 Å². The molecule has 0 radical (unpaired) electrons. The maximum atomic E-state index is 9.88. The SMILES string of the molecule is Cc1oncc1NC(O)NCc1csc(-c2cccs2)n1. The molecule has 3 heterocycles. The van der Waals surface area contributed by atoms with Crippen LogP contribution < -0.4 is 10.6 Å². The van der Waals surface area contributed by atoms with E-state index >= 15 is 0 Å². The van der Waals surface area contributed by atoms with E-state index in [4.69, 9.17) is 4.52 Å². The summed E-state index contributed by atoms with van der Waals surface area (Å²) in [5.74, 6) is 0.629. The molecule has 21 heavy (non-hydrogen) atoms. The zero-order valence-electron chi connectivity index (χ0n) is 11.2. The Kier molecular flexibility index (Phi) is 4.30. The minimum Gasteiger partial charge on any atom is -0.361 e. The van der Waals surface area contributed by atoms with Crippen molar-refractivity contribution in [2.45, 2.75) is 19.8 Å². The van der Waals surface area contributed by atoms with E-state index < -0.39 is 6.35 Å². The van der Waals surface area contributed by atoms with E-state index in [9.17, 15) is 5.11 Å². The highest BCUT2D eigenvalue weighted by Crippen LogP contribution is 2.27. The van der Waals surface area contributed by atoms with Crippen molar-refractivity contribution in [3.63, 3.8) is 0 Å². The summed E-state index contributed by atoms with van der Waals surface area (Å²) in [5.41, 5.74) is 1.55. The third-order valence-electron chi connectivity index (χ3n) is 2.80. The molecule has 3 aromatic heterocycles. The Hall–Kier alpha value is -1.74. The molecule has 3 aromatic rings. The van der Waals surface area contributed by atoms with Crippen LogP contribution >= 0.6 is 22.7 Å². The van der Waals surface area contributed by atoms with Crippen LogP contribution in [0.4, 0.5) is 5.69 Å². The van der Waals surface area contributed by atoms with Crippen molar-refractivity contribution in [2.75, 3.05) is 5.32 Å². The molecule has 8 heteroatoms. The van der Waals surface area contributed by atoms with Gasteiger partial charge in [-0.15, -0.1) is 22.7 Å². The molecule has 0 aliphatic carbocycles. The minimum atomic E-state index is -0.894. The summed E-state index contributed by atoms with van der Waals surface area (Å²) in [7, 11) is 0. The average molecular weight is 322 g/mol. The van der Waals surface area contributed by atoms with Crippen LogP contribution in [0.5, 0.6) is 0 Å². The molecule has 0 spiro atoms. The van der Waals surface area contributed by atoms with Crippen molar-refractivity contribution in [3.05, 3.63) is 40.5 Å². The molecular formula is C13H14N4O2S2. The van der Waals surface area contributed by atoms with E-state index in [-0.39, 0.29) is 0 Å². The highest BCUT2D eigenvalue weighted by atomic mass is 32.1. The summed E-state index contributed by atoms with van der Waals surface area (Å²) in [5, 5.41) is 24.3. The van der Waals surface area contributed by atoms with Gasteiger partial charge in [0.1, 0.15) is 10.7 Å². The molecule has 0 amide bonds. The first kappa shape index (κ1) is 14.2. The number of hydrogen-bond acceptors (Lipinski definition) is 8. The summed E-state index contributed by atoms with van der Waals surface area (Å²) in [6, 6.07) is 4.06. The van der Waals surface area contributed by atoms with Gasteiger partial charge in [0.2, 0.25) is 0 Å². The van der Waals surface area contributed by atoms with Gasteiger partial charge in [0.15, 0.2) is 12.1 Å². The standard InChI is InChI=1S/C13H14N4O2S2/c1-8-10(6-15-19-8)17-13(18)14-5-9-7-21-12(16-9)11-3-2-4-20-11/h2-4,6-7,13-14,17-18H,5H2,1H3. The zero-order chi connectivity index (χ0) is 14.7. The number of rotatable bonds is 6. The van der Waals surface area contributed by atoms with Crippen LogP contribution in [0, 0.1) is 6.92 Å². The van der Waals surface area contributed by atoms with E-state index in [0.29, 0.717) is 18.0 Å². The molecule has 110 valence electrons. The van der Waals surface area contributed by atoms with Gasteiger partial charge in [-0.1, -0.05) is 11.2 Å². The van der Waals surface area contributed by atoms with Gasteiger partial charge in [-0.25, -0.2) is 4.98 Å². The van der Waals surface area contributed by atoms with Gasteiger partial charge in [-0.05, 0) is 18.4 Å². The van der Waals surface area contributed by atoms with Crippen LogP contribution in [0.3, 0.4) is 0 Å². The lowest BCUT2D eigenvalue weighted by Gasteiger charge is -2.13. The van der Waals surface area contributed by atoms with E-state index in [1.807, 2.05) is 22.9 Å². The van der Waals surface area contributed by atoms with Crippen LogP contribution in [-0.2, 0) is 6.54 Å². The number of aliphatic hydroxyl groups is 1. The fraction of sp³-hybridized carbons (Fsp3) is 0.231. The summed E-state index contributed by atoms with van der Waals surface area (Å²) < 4.78 is 4.91. The lowest BCUT2D eigenvalue weighted by atomic mass is 10.4. The van der Waals surface area contributed by atoms with Gasteiger partial charge in [-0.3, -0.25) is 5.32 Å². The molecule has 1 atom stereocenters. The second-order valence-corrected chi connectivity index (χ2v) is 6.15. The van der Waals surface area contributed by atoms with Gasteiger partial charge in [0.25, 0.3) is 0 Å². The number of thiazole rings is 1. The summed E-state index contributed by atoms with van der Waals surface area (Å²) in [6.07, 6.45) is 0.632. The Bertz CT molecular complexity index is 693. The molecule has 1 unspecified atom stereocenters. The predicted molar refractivity (Wildman–Crippen MR) is 83.1 cm³/mol. The zero-order valence-corrected chi connectivity index (χ0v) is 12.9. The van der Waals surface area contributed by atoms with E-state index in [0.717, 1.165) is 15.6 Å². The van der Waals surface area contributed by atoms with Gasteiger partial charge in [0, 0.05) is 11.9 Å². The number of nitrogens with zero attached hydrogens (tertiary/aromatic N) is 2. The number of thiophene rings is 1. The number of nitrogens with one attached hydrogen (secondary N) is 2. The summed E-state index contributed by atoms with van der Waals surface area (Å²) >= 11 is 3.27. The number of aliphatic hydroxyl groups excluding tert-OH is 1. The third-order valence-corrected chi connectivity index (χ3v) is 4.73. The van der Waals surface area contributed by atoms with Gasteiger partial charge in [0.05, 0.1) is 16.8 Å². The smallest absolute Gasteiger partial charge is 0.181 e. The molecule has 0 bridgehead atoms. The molecular weight excluding hydrogens is 308 g/mol. The first-order chi connectivity index (χ1) is 10.2. The van der Waals surface area contributed by atoms with Crippen molar-refractivity contribution in [2.24, 2.45) is 0 Å². The van der Waals surface area contributed by atoms with Crippen LogP contribution in [0.1, 0.15) is 11.5 Å². The Labute approximate surface area is 129 Å². The van der Waals surface area contributed by atoms with Gasteiger partial charge >= 0.3 is 0 Å². The van der Waals surface area contributed by atoms with E-state index in [1.165, 1.54) is 6.20 Å². The largest absolute Gasteiger partial charge is 0.361 e. The van der Waals surface area contributed by atoms with Crippen LogP contribution in [0.2, 0.25) is 0 Å². The maximum Gasteiger partial charge on any atom is 0.181 e. The predicted octanol–water partition coefficient (Wildman–Crippen LogP) is 2.65. The van der Waals surface area contributed by atoms with E-state index in [1.54, 1.807) is 29.6 Å². The first-order valence-corrected chi connectivity index (χ1v) is 8.06. The Morgan fingerprint density at radius 3 is 3.05 bits per heavy atom. The Morgan fingerprint density at radius 2 is 2.33 bits per heavy atom. The number of hydrogen-bond donors (Lipinski definition) is 3. The van der Waals surface area contributed by atoms with Crippen molar-refractivity contribution >= 4 is 28.4 Å². The average Bonchev–Trinajstić information content (AvgIpc) is 3.18. The number of aromatic nitrogens is 2. The topological polar surface area (TPSA) is 83.2 Å². The Balaban J connectivity index is 1.54. The normalized spacial score (nSPS) is 12.5. The number of anilines is 1. The molecule has 6 nitrogen and oxygen atoms in total. The third kappa shape index (κ3) is 3.48. The highest BCUT2D eigenvalue weighted by Gasteiger charge is 2.10. The highest BCUT2D eigenvalue weighted by molar-refractivity contribution is 7.20. The van der Waals surface area contributed by atoms with Crippen molar-refractivity contribution in [1.82, 2.24) is 15.5 Å². The Morgan fingerprint density at radius 1 is 1.43 bits per heavy atom. The second-order valence-electron chi connectivity index (χ2n) is 4.34. The first-order valence-electron chi connectivity index (χ1n) is 6.30. The molecule has 0 saturated carbocycles. The molecule has 0 aliphatic heterocycles. The molecule has 0 aliphatic rings. The van der Waals surface area contributed by atoms with Crippen molar-refractivity contribution < 1.29 is 9.63 Å². The van der Waals surface area contributed by atoms with Crippen molar-refractivity contribution in [1.29, 1.82) is 0 Å². The monoisotopic (exact) mass is 322 g/mol. The summed E-state index contributed by atoms with van der Waals surface area (Å²) in [6.45, 7) is 2.25. The second kappa shape index (κ2) is 6.35. The molecule has 0 fully saturated rings. The molecule has 3 rings (SSSR count). The fourth-order valence-electron chi connectivity index (χ4n) is 1.74. The number of aryl methyl sites for hydroxylation is 1. The minimum absolute atomic E-state index is 0.473. The van der Waals surface area contributed by atoms with Crippen molar-refractivity contribution in [3.8, 4) is 9.88 Å². The lowest BCUT2D eigenvalue weighted by Crippen LogP contribution is -2.35. The fourth-order valence-corrected chi connectivity index (χ4v) is 3.37. The molecule has 3 N–H and O–H groups in total. The van der Waals surface area contributed by atoms with Crippen LogP contribution in [-0.4, -0.2) is 21.6 Å². The molecule has 0 saturated heterocycles. The quantitative estimate of drug-likeness (QED) is 0.605. The van der Waals surface area contributed by atoms with Gasteiger partial charge in [-0.2, -0.15) is 0 Å².